The summed E-state index contributed by atoms with van der Waals surface area (Å²) in [5.74, 6) is -0.890. The molecular weight excluding hydrogens is 244 g/mol. The predicted octanol–water partition coefficient (Wildman–Crippen LogP) is 1.90. The number of hydrogen-bond donors (Lipinski definition) is 0. The molecule has 0 N–H and O–H groups in total. The highest BCUT2D eigenvalue weighted by molar-refractivity contribution is 9.11. The van der Waals surface area contributed by atoms with Crippen LogP contribution >= 0.6 is 15.9 Å². The number of rotatable bonds is 2. The number of hydrogen-bond acceptors (Lipinski definition) is 4. The van der Waals surface area contributed by atoms with Gasteiger partial charge >= 0.3 is 0 Å². The van der Waals surface area contributed by atoms with Gasteiger partial charge in [0.2, 0.25) is 0 Å². The van der Waals surface area contributed by atoms with Crippen LogP contribution < -0.4 is 0 Å². The van der Waals surface area contributed by atoms with Crippen molar-refractivity contribution in [2.75, 3.05) is 0 Å². The molecule has 0 atom stereocenters. The van der Waals surface area contributed by atoms with E-state index in [0.29, 0.717) is 4.48 Å². The van der Waals surface area contributed by atoms with Crippen molar-refractivity contribution in [1.29, 1.82) is 21.0 Å². The summed E-state index contributed by atoms with van der Waals surface area (Å²) >= 11 is 3.02. The summed E-state index contributed by atoms with van der Waals surface area (Å²) in [6.45, 7) is 0. The summed E-state index contributed by atoms with van der Waals surface area (Å²) in [5.41, 5.74) is -0.0947. The lowest BCUT2D eigenvalue weighted by Crippen LogP contribution is -1.86. The minimum absolute atomic E-state index is 0.0947. The second-order valence-electron chi connectivity index (χ2n) is 2.07. The third-order valence-electron chi connectivity index (χ3n) is 1.13. The summed E-state index contributed by atoms with van der Waals surface area (Å²) in [4.78, 5) is 0. The van der Waals surface area contributed by atoms with Gasteiger partial charge in [-0.15, -0.1) is 0 Å². The molecule has 0 saturated carbocycles. The molecule has 0 rings (SSSR count). The van der Waals surface area contributed by atoms with E-state index in [-0.39, 0.29) is 5.57 Å². The van der Waals surface area contributed by atoms with Gasteiger partial charge in [0, 0.05) is 4.48 Å². The lowest BCUT2D eigenvalue weighted by Gasteiger charge is -1.90. The van der Waals surface area contributed by atoms with Crippen LogP contribution in [0, 0.1) is 51.2 Å². The summed E-state index contributed by atoms with van der Waals surface area (Å²) in [7, 11) is 0. The third-order valence-corrected chi connectivity index (χ3v) is 1.62. The summed E-state index contributed by atoms with van der Waals surface area (Å²) in [6, 6.07) is 6.77. The van der Waals surface area contributed by atoms with E-state index < -0.39 is 5.92 Å². The molecule has 0 aliphatic carbocycles. The minimum Gasteiger partial charge on any atom is -0.197 e. The van der Waals surface area contributed by atoms with Crippen molar-refractivity contribution in [2.45, 2.75) is 0 Å². The van der Waals surface area contributed by atoms with Gasteiger partial charge in [-0.05, 0) is 12.2 Å². The Morgan fingerprint density at radius 3 is 1.93 bits per heavy atom. The molecule has 0 aromatic heterocycles. The van der Waals surface area contributed by atoms with E-state index in [1.807, 2.05) is 0 Å². The maximum absolute atomic E-state index is 8.43. The molecule has 0 radical (unpaired) electrons. The number of nitriles is 4. The van der Waals surface area contributed by atoms with Crippen LogP contribution in [0.5, 0.6) is 0 Å². The van der Waals surface area contributed by atoms with Gasteiger partial charge in [0.05, 0.1) is 12.1 Å². The highest BCUT2D eigenvalue weighted by atomic mass is 79.9. The van der Waals surface area contributed by atoms with Crippen molar-refractivity contribution < 1.29 is 0 Å². The molecule has 0 heterocycles. The van der Waals surface area contributed by atoms with Gasteiger partial charge < -0.3 is 0 Å². The first-order valence-electron chi connectivity index (χ1n) is 3.36. The van der Waals surface area contributed by atoms with Gasteiger partial charge in [0.1, 0.15) is 17.7 Å². The molecule has 0 amide bonds. The van der Waals surface area contributed by atoms with E-state index >= 15 is 0 Å². The molecule has 4 nitrogen and oxygen atoms in total. The maximum atomic E-state index is 8.43. The SMILES string of the molecule is N#CC(C#N)=C/C(Br)=C/C(C#N)C#N. The summed E-state index contributed by atoms with van der Waals surface area (Å²) < 4.78 is 0.365. The van der Waals surface area contributed by atoms with Gasteiger partial charge in [0.25, 0.3) is 0 Å². The fourth-order valence-electron chi connectivity index (χ4n) is 0.538. The topological polar surface area (TPSA) is 95.2 Å². The highest BCUT2D eigenvalue weighted by Crippen LogP contribution is 2.12. The molecule has 14 heavy (non-hydrogen) atoms. The average Bonchev–Trinajstić information content (AvgIpc) is 2.22. The van der Waals surface area contributed by atoms with Crippen LogP contribution in [0.2, 0.25) is 0 Å². The fraction of sp³-hybridized carbons (Fsp3) is 0.111. The Morgan fingerprint density at radius 1 is 1.07 bits per heavy atom. The largest absolute Gasteiger partial charge is 0.197 e. The van der Waals surface area contributed by atoms with E-state index in [1.165, 1.54) is 12.2 Å². The van der Waals surface area contributed by atoms with Crippen molar-refractivity contribution in [3.8, 4) is 24.3 Å². The first kappa shape index (κ1) is 11.9. The lowest BCUT2D eigenvalue weighted by molar-refractivity contribution is 1.09. The van der Waals surface area contributed by atoms with Gasteiger partial charge in [0.15, 0.2) is 5.92 Å². The Bertz CT molecular complexity index is 403. The first-order valence-corrected chi connectivity index (χ1v) is 4.15. The zero-order chi connectivity index (χ0) is 11.0. The molecule has 0 bridgehead atoms. The van der Waals surface area contributed by atoms with Crippen molar-refractivity contribution in [3.63, 3.8) is 0 Å². The van der Waals surface area contributed by atoms with E-state index in [0.717, 1.165) is 0 Å². The van der Waals surface area contributed by atoms with Crippen molar-refractivity contribution in [1.82, 2.24) is 0 Å². The summed E-state index contributed by atoms with van der Waals surface area (Å²) in [6.07, 6.45) is 2.57. The van der Waals surface area contributed by atoms with Gasteiger partial charge in [-0.1, -0.05) is 15.9 Å². The van der Waals surface area contributed by atoms with Gasteiger partial charge in [-0.3, -0.25) is 0 Å². The lowest BCUT2D eigenvalue weighted by atomic mass is 10.2. The van der Waals surface area contributed by atoms with Gasteiger partial charge in [-0.2, -0.15) is 21.0 Å². The molecule has 0 spiro atoms. The van der Waals surface area contributed by atoms with Crippen LogP contribution in [0.3, 0.4) is 0 Å². The summed E-state index contributed by atoms with van der Waals surface area (Å²) in [5, 5.41) is 33.7. The zero-order valence-electron chi connectivity index (χ0n) is 6.90. The zero-order valence-corrected chi connectivity index (χ0v) is 8.48. The Balaban J connectivity index is 4.87. The van der Waals surface area contributed by atoms with Crippen LogP contribution in [0.1, 0.15) is 0 Å². The molecule has 0 aromatic carbocycles. The molecule has 0 aliphatic rings. The normalized spacial score (nSPS) is 9.14. The standard InChI is InChI=1S/C9H3BrN4/c10-9(1-7(3-11)4-12)2-8(5-13)6-14/h1-2,7H/b9-1-. The Kier molecular flexibility index (Phi) is 5.48. The fourth-order valence-corrected chi connectivity index (χ4v) is 1.03. The average molecular weight is 247 g/mol. The third kappa shape index (κ3) is 4.07. The molecular formula is C9H3BrN4. The van der Waals surface area contributed by atoms with Crippen LogP contribution in [-0.2, 0) is 0 Å². The maximum Gasteiger partial charge on any atom is 0.152 e. The van der Waals surface area contributed by atoms with Crippen LogP contribution in [0.15, 0.2) is 22.2 Å². The predicted molar refractivity (Wildman–Crippen MR) is 51.0 cm³/mol. The number of halogens is 1. The molecule has 0 aromatic rings. The second kappa shape index (κ2) is 6.44. The van der Waals surface area contributed by atoms with Crippen molar-refractivity contribution >= 4 is 15.9 Å². The molecule has 0 fully saturated rings. The van der Waals surface area contributed by atoms with Crippen LogP contribution in [0.4, 0.5) is 0 Å². The molecule has 5 heteroatoms. The van der Waals surface area contributed by atoms with Crippen molar-refractivity contribution in [3.05, 3.63) is 22.2 Å². The van der Waals surface area contributed by atoms with Gasteiger partial charge in [-0.25, -0.2) is 0 Å². The molecule has 66 valence electrons. The number of allylic oxidation sites excluding steroid dienone is 4. The van der Waals surface area contributed by atoms with E-state index in [9.17, 15) is 0 Å². The van der Waals surface area contributed by atoms with E-state index in [1.54, 1.807) is 24.3 Å². The molecule has 0 saturated heterocycles. The van der Waals surface area contributed by atoms with E-state index in [2.05, 4.69) is 15.9 Å². The van der Waals surface area contributed by atoms with E-state index in [4.69, 9.17) is 21.0 Å². The Labute approximate surface area is 89.7 Å². The quantitative estimate of drug-likeness (QED) is 0.549. The second-order valence-corrected chi connectivity index (χ2v) is 2.98. The van der Waals surface area contributed by atoms with Crippen LogP contribution in [0.25, 0.3) is 0 Å². The monoisotopic (exact) mass is 246 g/mol. The highest BCUT2D eigenvalue weighted by Gasteiger charge is 2.01. The van der Waals surface area contributed by atoms with Crippen LogP contribution in [-0.4, -0.2) is 0 Å². The smallest absolute Gasteiger partial charge is 0.152 e. The van der Waals surface area contributed by atoms with Crippen molar-refractivity contribution in [2.24, 2.45) is 5.92 Å². The molecule has 0 unspecified atom stereocenters. The molecule has 0 aliphatic heterocycles. The number of nitrogens with zero attached hydrogens (tertiary/aromatic N) is 4. The Hall–Kier alpha value is -2.08. The minimum atomic E-state index is -0.890. The first-order chi connectivity index (χ1) is 6.67. The Morgan fingerprint density at radius 2 is 1.57 bits per heavy atom.